The first-order chi connectivity index (χ1) is 11.3. The fraction of sp³-hybridized carbons (Fsp3) is 0.600. The Bertz CT molecular complexity index is 570. The minimum Gasteiger partial charge on any atom is -0.345 e. The number of hydrogen-bond donors (Lipinski definition) is 0. The van der Waals surface area contributed by atoms with E-state index in [0.29, 0.717) is 12.3 Å². The van der Waals surface area contributed by atoms with Crippen LogP contribution in [0.3, 0.4) is 0 Å². The summed E-state index contributed by atoms with van der Waals surface area (Å²) in [5.74, 6) is 0.848. The largest absolute Gasteiger partial charge is 0.345 e. The molecule has 1 aromatic carbocycles. The van der Waals surface area contributed by atoms with Gasteiger partial charge in [0.15, 0.2) is 0 Å². The van der Waals surface area contributed by atoms with Crippen LogP contribution in [0.15, 0.2) is 24.3 Å². The highest BCUT2D eigenvalue weighted by Gasteiger charge is 2.24. The van der Waals surface area contributed by atoms with Crippen molar-refractivity contribution in [2.75, 3.05) is 13.6 Å². The fourth-order valence-corrected chi connectivity index (χ4v) is 3.60. The summed E-state index contributed by atoms with van der Waals surface area (Å²) in [6.45, 7) is 9.02. The Kier molecular flexibility index (Phi) is 6.03. The summed E-state index contributed by atoms with van der Waals surface area (Å²) in [7, 11) is 1.88. The standard InChI is InChI=1S/C20H30N2O2/c1-14(2)22(15(3)4)20(24)18-9-6-16(7-10-18)12-17-8-11-19(23)21(5)13-17/h6-7,9-10,14-15,17H,8,11-13H2,1-5H3. The molecule has 0 aliphatic carbocycles. The van der Waals surface area contributed by atoms with Gasteiger partial charge in [0.25, 0.3) is 5.91 Å². The van der Waals surface area contributed by atoms with Crippen LogP contribution in [-0.2, 0) is 11.2 Å². The number of amides is 2. The molecule has 0 aromatic heterocycles. The van der Waals surface area contributed by atoms with Crippen LogP contribution in [0.5, 0.6) is 0 Å². The third-order valence-corrected chi connectivity index (χ3v) is 4.80. The number of piperidine rings is 1. The van der Waals surface area contributed by atoms with Gasteiger partial charge in [-0.25, -0.2) is 0 Å². The zero-order valence-corrected chi connectivity index (χ0v) is 15.6. The highest BCUT2D eigenvalue weighted by molar-refractivity contribution is 5.94. The van der Waals surface area contributed by atoms with E-state index in [1.807, 2.05) is 56.7 Å². The van der Waals surface area contributed by atoms with Crippen LogP contribution in [0.1, 0.15) is 56.5 Å². The lowest BCUT2D eigenvalue weighted by molar-refractivity contribution is -0.133. The molecule has 1 fully saturated rings. The van der Waals surface area contributed by atoms with Crippen LogP contribution in [0.4, 0.5) is 0 Å². The first kappa shape index (κ1) is 18.5. The number of carbonyl (C=O) groups is 2. The first-order valence-electron chi connectivity index (χ1n) is 8.95. The van der Waals surface area contributed by atoms with Crippen molar-refractivity contribution in [3.05, 3.63) is 35.4 Å². The second-order valence-corrected chi connectivity index (χ2v) is 7.48. The summed E-state index contributed by atoms with van der Waals surface area (Å²) in [5, 5.41) is 0. The van der Waals surface area contributed by atoms with E-state index >= 15 is 0 Å². The molecule has 1 saturated heterocycles. The number of likely N-dealkylation sites (tertiary alicyclic amines) is 1. The Morgan fingerprint density at radius 2 is 1.75 bits per heavy atom. The number of rotatable bonds is 5. The van der Waals surface area contributed by atoms with Gasteiger partial charge in [0.2, 0.25) is 5.91 Å². The van der Waals surface area contributed by atoms with Crippen LogP contribution in [0, 0.1) is 5.92 Å². The maximum atomic E-state index is 12.7. The van der Waals surface area contributed by atoms with Crippen LogP contribution >= 0.6 is 0 Å². The summed E-state index contributed by atoms with van der Waals surface area (Å²) in [6.07, 6.45) is 2.57. The SMILES string of the molecule is CC(C)N(C(=O)c1ccc(CC2CCC(=O)N(C)C2)cc1)C(C)C. The molecule has 0 radical (unpaired) electrons. The average Bonchev–Trinajstić information content (AvgIpc) is 2.51. The molecule has 0 N–H and O–H groups in total. The zero-order chi connectivity index (χ0) is 17.9. The van der Waals surface area contributed by atoms with Crippen LogP contribution in [0.25, 0.3) is 0 Å². The summed E-state index contributed by atoms with van der Waals surface area (Å²) in [6, 6.07) is 8.37. The monoisotopic (exact) mass is 330 g/mol. The van der Waals surface area contributed by atoms with Gasteiger partial charge in [-0.2, -0.15) is 0 Å². The van der Waals surface area contributed by atoms with E-state index in [9.17, 15) is 9.59 Å². The van der Waals surface area contributed by atoms with Crippen molar-refractivity contribution in [1.29, 1.82) is 0 Å². The van der Waals surface area contributed by atoms with Crippen molar-refractivity contribution in [2.24, 2.45) is 5.92 Å². The van der Waals surface area contributed by atoms with Crippen LogP contribution < -0.4 is 0 Å². The summed E-state index contributed by atoms with van der Waals surface area (Å²) in [5.41, 5.74) is 1.98. The van der Waals surface area contributed by atoms with Gasteiger partial charge < -0.3 is 9.80 Å². The van der Waals surface area contributed by atoms with Gasteiger partial charge in [0.05, 0.1) is 0 Å². The molecule has 2 rings (SSSR count). The molecule has 0 bridgehead atoms. The molecule has 132 valence electrons. The molecular formula is C20H30N2O2. The highest BCUT2D eigenvalue weighted by atomic mass is 16.2. The minimum absolute atomic E-state index is 0.0922. The second kappa shape index (κ2) is 7.82. The third kappa shape index (κ3) is 4.37. The number of benzene rings is 1. The summed E-state index contributed by atoms with van der Waals surface area (Å²) >= 11 is 0. The normalized spacial score (nSPS) is 18.4. The van der Waals surface area contributed by atoms with Crippen molar-refractivity contribution >= 4 is 11.8 Å². The topological polar surface area (TPSA) is 40.6 Å². The Morgan fingerprint density at radius 3 is 2.25 bits per heavy atom. The molecule has 0 spiro atoms. The predicted octanol–water partition coefficient (Wildman–Crippen LogP) is 3.36. The van der Waals surface area contributed by atoms with Gasteiger partial charge >= 0.3 is 0 Å². The number of nitrogens with zero attached hydrogens (tertiary/aromatic N) is 2. The molecule has 24 heavy (non-hydrogen) atoms. The van der Waals surface area contributed by atoms with E-state index in [2.05, 4.69) is 12.1 Å². The molecule has 1 aliphatic rings. The van der Waals surface area contributed by atoms with Crippen molar-refractivity contribution < 1.29 is 9.59 Å². The van der Waals surface area contributed by atoms with Crippen LogP contribution in [-0.4, -0.2) is 47.3 Å². The van der Waals surface area contributed by atoms with Crippen molar-refractivity contribution in [3.63, 3.8) is 0 Å². The highest BCUT2D eigenvalue weighted by Crippen LogP contribution is 2.21. The molecular weight excluding hydrogens is 300 g/mol. The van der Waals surface area contributed by atoms with Gasteiger partial charge in [-0.05, 0) is 64.2 Å². The van der Waals surface area contributed by atoms with Crippen molar-refractivity contribution in [2.45, 2.75) is 59.0 Å². The maximum Gasteiger partial charge on any atom is 0.254 e. The first-order valence-corrected chi connectivity index (χ1v) is 8.95. The summed E-state index contributed by atoms with van der Waals surface area (Å²) < 4.78 is 0. The van der Waals surface area contributed by atoms with Crippen molar-refractivity contribution in [3.8, 4) is 0 Å². The molecule has 1 aliphatic heterocycles. The van der Waals surface area contributed by atoms with Gasteiger partial charge in [0.1, 0.15) is 0 Å². The van der Waals surface area contributed by atoms with E-state index < -0.39 is 0 Å². The van der Waals surface area contributed by atoms with Gasteiger partial charge in [-0.15, -0.1) is 0 Å². The Morgan fingerprint density at radius 1 is 1.17 bits per heavy atom. The summed E-state index contributed by atoms with van der Waals surface area (Å²) in [4.78, 5) is 28.0. The molecule has 0 saturated carbocycles. The molecule has 4 nitrogen and oxygen atoms in total. The Balaban J connectivity index is 2.02. The lowest BCUT2D eigenvalue weighted by Crippen LogP contribution is -2.42. The van der Waals surface area contributed by atoms with E-state index in [1.54, 1.807) is 0 Å². The van der Waals surface area contributed by atoms with E-state index in [1.165, 1.54) is 5.56 Å². The zero-order valence-electron chi connectivity index (χ0n) is 15.6. The van der Waals surface area contributed by atoms with E-state index in [0.717, 1.165) is 24.9 Å². The molecule has 2 amide bonds. The van der Waals surface area contributed by atoms with Crippen LogP contribution in [0.2, 0.25) is 0 Å². The third-order valence-electron chi connectivity index (χ3n) is 4.80. The van der Waals surface area contributed by atoms with Crippen molar-refractivity contribution in [1.82, 2.24) is 9.80 Å². The lowest BCUT2D eigenvalue weighted by atomic mass is 9.91. The number of carbonyl (C=O) groups excluding carboxylic acids is 2. The fourth-order valence-electron chi connectivity index (χ4n) is 3.60. The Labute approximate surface area is 145 Å². The molecule has 1 atom stereocenters. The molecule has 4 heteroatoms. The molecule has 1 heterocycles. The second-order valence-electron chi connectivity index (χ2n) is 7.48. The molecule has 1 unspecified atom stereocenters. The predicted molar refractivity (Wildman–Crippen MR) is 96.9 cm³/mol. The average molecular weight is 330 g/mol. The van der Waals surface area contributed by atoms with Gasteiger partial charge in [0, 0.05) is 37.7 Å². The smallest absolute Gasteiger partial charge is 0.254 e. The van der Waals surface area contributed by atoms with E-state index in [-0.39, 0.29) is 23.9 Å². The molecule has 1 aromatic rings. The number of hydrogen-bond acceptors (Lipinski definition) is 2. The van der Waals surface area contributed by atoms with E-state index in [4.69, 9.17) is 0 Å². The minimum atomic E-state index is 0.0922. The maximum absolute atomic E-state index is 12.7. The van der Waals surface area contributed by atoms with Gasteiger partial charge in [-0.1, -0.05) is 12.1 Å². The lowest BCUT2D eigenvalue weighted by Gasteiger charge is -2.31. The Hall–Kier alpha value is -1.84. The van der Waals surface area contributed by atoms with Gasteiger partial charge in [-0.3, -0.25) is 9.59 Å². The quantitative estimate of drug-likeness (QED) is 0.830.